The summed E-state index contributed by atoms with van der Waals surface area (Å²) in [7, 11) is 2.14. The lowest BCUT2D eigenvalue weighted by Gasteiger charge is -2.40. The predicted molar refractivity (Wildman–Crippen MR) is 59.4 cm³/mol. The molecule has 84 valence electrons. The fraction of sp³-hybridized carbons (Fsp3) is 1.00. The van der Waals surface area contributed by atoms with Crippen LogP contribution in [0.3, 0.4) is 0 Å². The molecule has 0 aromatic carbocycles. The van der Waals surface area contributed by atoms with Gasteiger partial charge in [-0.25, -0.2) is 0 Å². The Morgan fingerprint density at radius 2 is 2.07 bits per heavy atom. The van der Waals surface area contributed by atoms with Gasteiger partial charge in [-0.05, 0) is 40.4 Å². The number of hydrogen-bond acceptors (Lipinski definition) is 3. The van der Waals surface area contributed by atoms with Gasteiger partial charge in [-0.2, -0.15) is 0 Å². The minimum atomic E-state index is 0.215. The maximum absolute atomic E-state index is 9.40. The van der Waals surface area contributed by atoms with Crippen LogP contribution >= 0.6 is 0 Å². The average molecular weight is 200 g/mol. The van der Waals surface area contributed by atoms with Gasteiger partial charge in [-0.3, -0.25) is 4.90 Å². The van der Waals surface area contributed by atoms with Gasteiger partial charge in [0.15, 0.2) is 0 Å². The first kappa shape index (κ1) is 12.0. The first-order valence-corrected chi connectivity index (χ1v) is 5.57. The summed E-state index contributed by atoms with van der Waals surface area (Å²) in [5.74, 6) is 0. The van der Waals surface area contributed by atoms with Crippen LogP contribution in [0.15, 0.2) is 0 Å². The summed E-state index contributed by atoms with van der Waals surface area (Å²) in [6.07, 6.45) is 1.17. The zero-order valence-electron chi connectivity index (χ0n) is 9.95. The standard InChI is InChI=1S/C11H24N2O/c1-5-13-10(9-14)8-12(4)7-6-11(13,2)3/h10,14H,5-9H2,1-4H3. The highest BCUT2D eigenvalue weighted by atomic mass is 16.3. The van der Waals surface area contributed by atoms with E-state index in [0.29, 0.717) is 6.04 Å². The molecule has 14 heavy (non-hydrogen) atoms. The van der Waals surface area contributed by atoms with Crippen LogP contribution in [0.2, 0.25) is 0 Å². The van der Waals surface area contributed by atoms with Crippen LogP contribution in [0.25, 0.3) is 0 Å². The van der Waals surface area contributed by atoms with Crippen LogP contribution in [0.5, 0.6) is 0 Å². The molecule has 1 rings (SSSR count). The zero-order valence-corrected chi connectivity index (χ0v) is 9.95. The topological polar surface area (TPSA) is 26.7 Å². The van der Waals surface area contributed by atoms with E-state index in [9.17, 15) is 5.11 Å². The summed E-state index contributed by atoms with van der Waals surface area (Å²) in [5, 5.41) is 9.40. The number of nitrogens with zero attached hydrogens (tertiary/aromatic N) is 2. The molecule has 1 heterocycles. The maximum atomic E-state index is 9.40. The minimum absolute atomic E-state index is 0.215. The fourth-order valence-corrected chi connectivity index (χ4v) is 2.49. The van der Waals surface area contributed by atoms with Gasteiger partial charge in [0, 0.05) is 18.1 Å². The quantitative estimate of drug-likeness (QED) is 0.714. The molecule has 1 atom stereocenters. The van der Waals surface area contributed by atoms with Crippen molar-refractivity contribution >= 4 is 0 Å². The number of rotatable bonds is 2. The summed E-state index contributed by atoms with van der Waals surface area (Å²) in [5.41, 5.74) is 0.215. The maximum Gasteiger partial charge on any atom is 0.0599 e. The lowest BCUT2D eigenvalue weighted by molar-refractivity contribution is 0.0469. The van der Waals surface area contributed by atoms with Gasteiger partial charge < -0.3 is 10.0 Å². The van der Waals surface area contributed by atoms with Crippen molar-refractivity contribution in [3.63, 3.8) is 0 Å². The minimum Gasteiger partial charge on any atom is -0.395 e. The van der Waals surface area contributed by atoms with E-state index in [0.717, 1.165) is 19.6 Å². The third-order valence-electron chi connectivity index (χ3n) is 3.40. The number of aliphatic hydroxyl groups excluding tert-OH is 1. The van der Waals surface area contributed by atoms with Gasteiger partial charge in [-0.15, -0.1) is 0 Å². The summed E-state index contributed by atoms with van der Waals surface area (Å²) in [4.78, 5) is 4.74. The molecule has 0 aromatic rings. The van der Waals surface area contributed by atoms with E-state index in [1.165, 1.54) is 6.42 Å². The molecule has 0 amide bonds. The molecule has 1 aliphatic heterocycles. The predicted octanol–water partition coefficient (Wildman–Crippen LogP) is 0.783. The highest BCUT2D eigenvalue weighted by molar-refractivity contribution is 4.90. The van der Waals surface area contributed by atoms with Crippen molar-refractivity contribution in [2.75, 3.05) is 33.3 Å². The number of hydrogen-bond donors (Lipinski definition) is 1. The van der Waals surface area contributed by atoms with Crippen molar-refractivity contribution in [2.24, 2.45) is 0 Å². The van der Waals surface area contributed by atoms with E-state index in [1.54, 1.807) is 0 Å². The third-order valence-corrected chi connectivity index (χ3v) is 3.40. The second-order valence-corrected chi connectivity index (χ2v) is 4.95. The Morgan fingerprint density at radius 1 is 1.43 bits per heavy atom. The second kappa shape index (κ2) is 4.60. The van der Waals surface area contributed by atoms with E-state index in [-0.39, 0.29) is 12.1 Å². The Kier molecular flexibility index (Phi) is 3.93. The fourth-order valence-electron chi connectivity index (χ4n) is 2.49. The molecule has 3 nitrogen and oxygen atoms in total. The Bertz CT molecular complexity index is 182. The Morgan fingerprint density at radius 3 is 2.57 bits per heavy atom. The summed E-state index contributed by atoms with van der Waals surface area (Å²) in [6, 6.07) is 0.294. The van der Waals surface area contributed by atoms with Crippen molar-refractivity contribution in [2.45, 2.75) is 38.8 Å². The molecular formula is C11H24N2O. The van der Waals surface area contributed by atoms with E-state index in [4.69, 9.17) is 0 Å². The van der Waals surface area contributed by atoms with Crippen molar-refractivity contribution in [1.29, 1.82) is 0 Å². The van der Waals surface area contributed by atoms with Crippen molar-refractivity contribution < 1.29 is 5.11 Å². The SMILES string of the molecule is CCN1C(CO)CN(C)CCC1(C)C. The summed E-state index contributed by atoms with van der Waals surface area (Å²) >= 11 is 0. The molecule has 0 aliphatic carbocycles. The molecule has 1 aliphatic rings. The first-order chi connectivity index (χ1) is 6.51. The molecular weight excluding hydrogens is 176 g/mol. The van der Waals surface area contributed by atoms with Crippen molar-refractivity contribution in [1.82, 2.24) is 9.80 Å². The van der Waals surface area contributed by atoms with Crippen LogP contribution in [-0.2, 0) is 0 Å². The Labute approximate surface area is 87.7 Å². The van der Waals surface area contributed by atoms with Crippen molar-refractivity contribution in [3.8, 4) is 0 Å². The van der Waals surface area contributed by atoms with Crippen molar-refractivity contribution in [3.05, 3.63) is 0 Å². The molecule has 0 saturated carbocycles. The summed E-state index contributed by atoms with van der Waals surface area (Å²) < 4.78 is 0. The smallest absolute Gasteiger partial charge is 0.0599 e. The Balaban J connectivity index is 2.80. The summed E-state index contributed by atoms with van der Waals surface area (Å²) in [6.45, 7) is 10.1. The van der Waals surface area contributed by atoms with Gasteiger partial charge in [0.1, 0.15) is 0 Å². The van der Waals surface area contributed by atoms with Gasteiger partial charge in [0.05, 0.1) is 6.61 Å². The van der Waals surface area contributed by atoms with Gasteiger partial charge >= 0.3 is 0 Å². The Hall–Kier alpha value is -0.120. The van der Waals surface area contributed by atoms with Crippen LogP contribution in [0.1, 0.15) is 27.2 Å². The molecule has 1 unspecified atom stereocenters. The lowest BCUT2D eigenvalue weighted by Crippen LogP contribution is -2.51. The van der Waals surface area contributed by atoms with E-state index in [1.807, 2.05) is 0 Å². The molecule has 0 spiro atoms. The van der Waals surface area contributed by atoms with E-state index >= 15 is 0 Å². The molecule has 0 radical (unpaired) electrons. The lowest BCUT2D eigenvalue weighted by atomic mass is 9.97. The monoisotopic (exact) mass is 200 g/mol. The second-order valence-electron chi connectivity index (χ2n) is 4.95. The number of likely N-dealkylation sites (N-methyl/N-ethyl adjacent to an activating group) is 2. The van der Waals surface area contributed by atoms with Crippen LogP contribution < -0.4 is 0 Å². The highest BCUT2D eigenvalue weighted by Gasteiger charge is 2.34. The molecule has 0 bridgehead atoms. The molecule has 0 aromatic heterocycles. The van der Waals surface area contributed by atoms with Crippen LogP contribution in [0.4, 0.5) is 0 Å². The van der Waals surface area contributed by atoms with Crippen LogP contribution in [-0.4, -0.2) is 59.8 Å². The largest absolute Gasteiger partial charge is 0.395 e. The number of aliphatic hydroxyl groups is 1. The third kappa shape index (κ3) is 2.47. The van der Waals surface area contributed by atoms with Crippen LogP contribution in [0, 0.1) is 0 Å². The van der Waals surface area contributed by atoms with E-state index in [2.05, 4.69) is 37.6 Å². The average Bonchev–Trinajstić information content (AvgIpc) is 2.23. The molecule has 1 saturated heterocycles. The van der Waals surface area contributed by atoms with E-state index < -0.39 is 0 Å². The molecule has 1 fully saturated rings. The highest BCUT2D eigenvalue weighted by Crippen LogP contribution is 2.24. The first-order valence-electron chi connectivity index (χ1n) is 5.57. The van der Waals surface area contributed by atoms with Gasteiger partial charge in [-0.1, -0.05) is 6.92 Å². The van der Waals surface area contributed by atoms with Gasteiger partial charge in [0.25, 0.3) is 0 Å². The normalized spacial score (nSPS) is 30.2. The molecule has 3 heteroatoms. The van der Waals surface area contributed by atoms with Gasteiger partial charge in [0.2, 0.25) is 0 Å². The zero-order chi connectivity index (χ0) is 10.8. The molecule has 1 N–H and O–H groups in total.